The fourth-order valence-corrected chi connectivity index (χ4v) is 2.43. The zero-order valence-electron chi connectivity index (χ0n) is 19.4. The first-order chi connectivity index (χ1) is 15.2. The SMILES string of the molecule is C=NC(=O)N(C)C(C)C.COC(=O)c1ccc(NCN(C=O)Cc2ccc(C)cc2)cc1. The maximum Gasteiger partial charge on any atom is 0.342 e. The van der Waals surface area contributed by atoms with Gasteiger partial charge in [0.25, 0.3) is 0 Å². The number of hydrogen-bond donors (Lipinski definition) is 1. The third-order valence-electron chi connectivity index (χ3n) is 4.66. The Balaban J connectivity index is 0.000000482. The van der Waals surface area contributed by atoms with E-state index in [1.165, 1.54) is 17.6 Å². The average Bonchev–Trinajstić information content (AvgIpc) is 2.82. The van der Waals surface area contributed by atoms with Gasteiger partial charge in [0, 0.05) is 25.3 Å². The van der Waals surface area contributed by atoms with Crippen molar-refractivity contribution in [1.82, 2.24) is 9.80 Å². The molecule has 0 aliphatic heterocycles. The van der Waals surface area contributed by atoms with Gasteiger partial charge in [-0.2, -0.15) is 0 Å². The number of methoxy groups -OCH3 is 1. The standard InChI is InChI=1S/C18H20N2O3.C6H12N2O/c1-14-3-5-15(6-4-14)11-20(13-21)12-19-17-9-7-16(8-10-17)18(22)23-2;1-5(2)8(4)6(9)7-3/h3-10,13,19H,11-12H2,1-2H3;5H,3H2,1-2,4H3. The lowest BCUT2D eigenvalue weighted by molar-refractivity contribution is -0.118. The largest absolute Gasteiger partial charge is 0.465 e. The number of nitrogens with one attached hydrogen (secondary N) is 1. The molecule has 32 heavy (non-hydrogen) atoms. The molecular weight excluding hydrogens is 408 g/mol. The monoisotopic (exact) mass is 440 g/mol. The molecule has 0 unspecified atom stereocenters. The number of amides is 3. The molecule has 172 valence electrons. The first kappa shape index (κ1) is 26.4. The molecule has 0 heterocycles. The molecular formula is C24H32N4O4. The fraction of sp³-hybridized carbons (Fsp3) is 0.333. The molecule has 8 nitrogen and oxygen atoms in total. The molecule has 0 fully saturated rings. The van der Waals surface area contributed by atoms with E-state index in [9.17, 15) is 14.4 Å². The van der Waals surface area contributed by atoms with E-state index in [2.05, 4.69) is 21.8 Å². The first-order valence-corrected chi connectivity index (χ1v) is 10.1. The van der Waals surface area contributed by atoms with Crippen molar-refractivity contribution in [2.24, 2.45) is 4.99 Å². The third kappa shape index (κ3) is 8.99. The van der Waals surface area contributed by atoms with Gasteiger partial charge in [-0.3, -0.25) is 4.79 Å². The number of carbonyl (C=O) groups is 3. The lowest BCUT2D eigenvalue weighted by Gasteiger charge is -2.19. The van der Waals surface area contributed by atoms with Crippen molar-refractivity contribution in [2.75, 3.05) is 26.1 Å². The Labute approximate surface area is 189 Å². The summed E-state index contributed by atoms with van der Waals surface area (Å²) in [5, 5.41) is 3.15. The molecule has 0 bridgehead atoms. The van der Waals surface area contributed by atoms with E-state index < -0.39 is 0 Å². The molecule has 0 saturated carbocycles. The minimum atomic E-state index is -0.370. The highest BCUT2D eigenvalue weighted by Crippen LogP contribution is 2.11. The summed E-state index contributed by atoms with van der Waals surface area (Å²) in [6.45, 7) is 9.91. The van der Waals surface area contributed by atoms with Gasteiger partial charge in [0.1, 0.15) is 0 Å². The van der Waals surface area contributed by atoms with E-state index >= 15 is 0 Å². The molecule has 3 amide bonds. The predicted octanol–water partition coefficient (Wildman–Crippen LogP) is 3.96. The zero-order valence-corrected chi connectivity index (χ0v) is 19.4. The summed E-state index contributed by atoms with van der Waals surface area (Å²) in [4.78, 5) is 39.6. The molecule has 0 saturated heterocycles. The molecule has 0 radical (unpaired) electrons. The smallest absolute Gasteiger partial charge is 0.342 e. The maximum atomic E-state index is 11.4. The van der Waals surface area contributed by atoms with Crippen LogP contribution in [0.15, 0.2) is 53.5 Å². The Kier molecular flexibility index (Phi) is 11.2. The lowest BCUT2D eigenvalue weighted by atomic mass is 10.1. The van der Waals surface area contributed by atoms with Crippen LogP contribution in [0.3, 0.4) is 0 Å². The van der Waals surface area contributed by atoms with Crippen LogP contribution in [0.4, 0.5) is 10.5 Å². The Morgan fingerprint density at radius 3 is 2.16 bits per heavy atom. The molecule has 0 aromatic heterocycles. The maximum absolute atomic E-state index is 11.4. The summed E-state index contributed by atoms with van der Waals surface area (Å²) in [5.41, 5.74) is 3.58. The van der Waals surface area contributed by atoms with Crippen LogP contribution in [0.25, 0.3) is 0 Å². The number of nitrogens with zero attached hydrogens (tertiary/aromatic N) is 3. The molecule has 0 spiro atoms. The van der Waals surface area contributed by atoms with E-state index in [0.29, 0.717) is 18.8 Å². The quantitative estimate of drug-likeness (QED) is 0.290. The molecule has 1 N–H and O–H groups in total. The number of anilines is 1. The van der Waals surface area contributed by atoms with Crippen LogP contribution >= 0.6 is 0 Å². The summed E-state index contributed by atoms with van der Waals surface area (Å²) >= 11 is 0. The molecule has 2 rings (SSSR count). The van der Waals surface area contributed by atoms with Crippen molar-refractivity contribution in [3.8, 4) is 0 Å². The van der Waals surface area contributed by atoms with Crippen molar-refractivity contribution in [2.45, 2.75) is 33.4 Å². The second kappa shape index (κ2) is 13.6. The minimum absolute atomic E-state index is 0.197. The van der Waals surface area contributed by atoms with Crippen LogP contribution in [-0.4, -0.2) is 61.8 Å². The molecule has 0 aliphatic rings. The van der Waals surface area contributed by atoms with E-state index in [1.807, 2.05) is 45.0 Å². The molecule has 2 aromatic carbocycles. The molecule has 0 atom stereocenters. The number of aliphatic imine (C=N–C) groups is 1. The highest BCUT2D eigenvalue weighted by atomic mass is 16.5. The highest BCUT2D eigenvalue weighted by Gasteiger charge is 2.08. The second-order valence-electron chi connectivity index (χ2n) is 7.39. The van der Waals surface area contributed by atoms with E-state index in [-0.39, 0.29) is 18.0 Å². The number of ether oxygens (including phenoxy) is 1. The molecule has 0 aliphatic carbocycles. The second-order valence-corrected chi connectivity index (χ2v) is 7.39. The first-order valence-electron chi connectivity index (χ1n) is 10.1. The number of aryl methyl sites for hydroxylation is 1. The Morgan fingerprint density at radius 2 is 1.72 bits per heavy atom. The number of carbonyl (C=O) groups excluding carboxylic acids is 3. The number of benzene rings is 2. The van der Waals surface area contributed by atoms with Crippen LogP contribution in [0.1, 0.15) is 35.3 Å². The van der Waals surface area contributed by atoms with Gasteiger partial charge in [-0.1, -0.05) is 29.8 Å². The van der Waals surface area contributed by atoms with E-state index in [4.69, 9.17) is 0 Å². The van der Waals surface area contributed by atoms with Crippen molar-refractivity contribution >= 4 is 30.8 Å². The highest BCUT2D eigenvalue weighted by molar-refractivity contribution is 5.89. The predicted molar refractivity (Wildman–Crippen MR) is 127 cm³/mol. The topological polar surface area (TPSA) is 91.3 Å². The molecule has 2 aromatic rings. The lowest BCUT2D eigenvalue weighted by Crippen LogP contribution is -2.30. The number of hydrogen-bond acceptors (Lipinski definition) is 5. The van der Waals surface area contributed by atoms with E-state index in [0.717, 1.165) is 17.7 Å². The zero-order chi connectivity index (χ0) is 24.1. The fourth-order valence-electron chi connectivity index (χ4n) is 2.43. The summed E-state index contributed by atoms with van der Waals surface area (Å²) in [6, 6.07) is 14.9. The minimum Gasteiger partial charge on any atom is -0.465 e. The van der Waals surface area contributed by atoms with Gasteiger partial charge in [-0.25, -0.2) is 14.6 Å². The van der Waals surface area contributed by atoms with Crippen molar-refractivity contribution in [3.63, 3.8) is 0 Å². The van der Waals surface area contributed by atoms with Gasteiger partial charge in [0.05, 0.1) is 19.3 Å². The van der Waals surface area contributed by atoms with Crippen LogP contribution < -0.4 is 5.32 Å². The Hall–Kier alpha value is -3.68. The van der Waals surface area contributed by atoms with Crippen molar-refractivity contribution in [1.29, 1.82) is 0 Å². The van der Waals surface area contributed by atoms with Crippen molar-refractivity contribution in [3.05, 3.63) is 65.2 Å². The van der Waals surface area contributed by atoms with Crippen LogP contribution in [-0.2, 0) is 16.1 Å². The Morgan fingerprint density at radius 1 is 1.12 bits per heavy atom. The summed E-state index contributed by atoms with van der Waals surface area (Å²) < 4.78 is 4.65. The van der Waals surface area contributed by atoms with Crippen LogP contribution in [0.2, 0.25) is 0 Å². The number of esters is 1. The van der Waals surface area contributed by atoms with Gasteiger partial charge in [0.2, 0.25) is 6.41 Å². The third-order valence-corrected chi connectivity index (χ3v) is 4.66. The van der Waals surface area contributed by atoms with Crippen LogP contribution in [0, 0.1) is 6.92 Å². The summed E-state index contributed by atoms with van der Waals surface area (Å²) in [6.07, 6.45) is 0.815. The van der Waals surface area contributed by atoms with Gasteiger partial charge in [-0.05, 0) is 57.3 Å². The number of rotatable bonds is 8. The summed E-state index contributed by atoms with van der Waals surface area (Å²) in [5.74, 6) is -0.370. The summed E-state index contributed by atoms with van der Waals surface area (Å²) in [7, 11) is 3.04. The van der Waals surface area contributed by atoms with Crippen molar-refractivity contribution < 1.29 is 19.1 Å². The Bertz CT molecular complexity index is 880. The van der Waals surface area contributed by atoms with Gasteiger partial charge in [-0.15, -0.1) is 0 Å². The van der Waals surface area contributed by atoms with Crippen LogP contribution in [0.5, 0.6) is 0 Å². The van der Waals surface area contributed by atoms with Gasteiger partial charge >= 0.3 is 12.0 Å². The number of urea groups is 1. The van der Waals surface area contributed by atoms with E-state index in [1.54, 1.807) is 36.2 Å². The molecule has 8 heteroatoms. The normalized spacial score (nSPS) is 9.81. The van der Waals surface area contributed by atoms with Gasteiger partial charge in [0.15, 0.2) is 0 Å². The van der Waals surface area contributed by atoms with Gasteiger partial charge < -0.3 is 19.9 Å². The average molecular weight is 441 g/mol.